The molecule has 4 rings (SSSR count). The third-order valence-electron chi connectivity index (χ3n) is 7.79. The summed E-state index contributed by atoms with van der Waals surface area (Å²) in [5, 5.41) is 5.08. The number of anilines is 1. The van der Waals surface area contributed by atoms with E-state index in [4.69, 9.17) is 13.9 Å². The van der Waals surface area contributed by atoms with Gasteiger partial charge < -0.3 is 24.1 Å². The van der Waals surface area contributed by atoms with Crippen LogP contribution in [-0.4, -0.2) is 67.1 Å². The van der Waals surface area contributed by atoms with Crippen LogP contribution in [0.3, 0.4) is 0 Å². The number of fused-ring (bicyclic) bond motifs is 2. The lowest BCUT2D eigenvalue weighted by atomic mass is 9.90. The van der Waals surface area contributed by atoms with Crippen LogP contribution in [0.5, 0.6) is 0 Å². The molecule has 0 saturated heterocycles. The van der Waals surface area contributed by atoms with Crippen LogP contribution < -0.4 is 20.1 Å². The Morgan fingerprint density at radius 1 is 0.860 bits per heavy atom. The SMILES string of the molecule is CCCCCCCOCCOCCNC(=O)c1ccc(C)c(-c2c3ccc(=[N+](C)C)cc-3oc3cc(N(C)C)ccc23)c1. The van der Waals surface area contributed by atoms with Crippen LogP contribution in [0.2, 0.25) is 0 Å². The highest BCUT2D eigenvalue weighted by Crippen LogP contribution is 2.42. The van der Waals surface area contributed by atoms with Crippen molar-refractivity contribution in [2.75, 3.05) is 66.1 Å². The first-order valence-electron chi connectivity index (χ1n) is 15.5. The number of amides is 1. The van der Waals surface area contributed by atoms with Gasteiger partial charge in [0.25, 0.3) is 5.91 Å². The number of carbonyl (C=O) groups is 1. The van der Waals surface area contributed by atoms with E-state index in [1.807, 2.05) is 46.4 Å². The molecule has 0 fully saturated rings. The molecule has 2 aromatic rings. The van der Waals surface area contributed by atoms with Gasteiger partial charge in [-0.25, -0.2) is 4.58 Å². The lowest BCUT2D eigenvalue weighted by Crippen LogP contribution is -2.27. The summed E-state index contributed by atoms with van der Waals surface area (Å²) in [6.07, 6.45) is 6.16. The molecule has 43 heavy (non-hydrogen) atoms. The molecular weight excluding hydrogens is 538 g/mol. The van der Waals surface area contributed by atoms with Gasteiger partial charge in [0.1, 0.15) is 25.4 Å². The maximum absolute atomic E-state index is 13.2. The average Bonchev–Trinajstić information content (AvgIpc) is 3.00. The molecule has 0 bridgehead atoms. The van der Waals surface area contributed by atoms with Crippen molar-refractivity contribution in [2.24, 2.45) is 0 Å². The third kappa shape index (κ3) is 8.46. The zero-order valence-corrected chi connectivity index (χ0v) is 26.8. The van der Waals surface area contributed by atoms with E-state index in [2.05, 4.69) is 65.0 Å². The van der Waals surface area contributed by atoms with Crippen LogP contribution in [0.1, 0.15) is 54.9 Å². The second-order valence-corrected chi connectivity index (χ2v) is 11.6. The summed E-state index contributed by atoms with van der Waals surface area (Å²) in [7, 11) is 8.09. The van der Waals surface area contributed by atoms with Crippen molar-refractivity contribution >= 4 is 22.6 Å². The molecule has 2 aromatic carbocycles. The molecule has 1 aliphatic carbocycles. The Kier molecular flexibility index (Phi) is 11.8. The molecule has 0 radical (unpaired) electrons. The fourth-order valence-electron chi connectivity index (χ4n) is 5.22. The molecule has 0 saturated carbocycles. The van der Waals surface area contributed by atoms with Gasteiger partial charge in [0, 0.05) is 67.1 Å². The molecule has 1 amide bonds. The number of aryl methyl sites for hydroxylation is 1. The van der Waals surface area contributed by atoms with Crippen molar-refractivity contribution in [1.82, 2.24) is 9.89 Å². The molecular formula is C36H48N3O4+. The molecule has 0 atom stereocenters. The van der Waals surface area contributed by atoms with Gasteiger partial charge in [-0.3, -0.25) is 4.79 Å². The zero-order valence-electron chi connectivity index (χ0n) is 26.8. The monoisotopic (exact) mass is 586 g/mol. The van der Waals surface area contributed by atoms with Crippen LogP contribution in [0.4, 0.5) is 5.69 Å². The van der Waals surface area contributed by atoms with Crippen LogP contribution in [0, 0.1) is 6.92 Å². The lowest BCUT2D eigenvalue weighted by molar-refractivity contribution is 0.0468. The molecule has 230 valence electrons. The minimum Gasteiger partial charge on any atom is -0.456 e. The number of benzene rings is 3. The Bertz CT molecular complexity index is 1550. The van der Waals surface area contributed by atoms with E-state index >= 15 is 0 Å². The summed E-state index contributed by atoms with van der Waals surface area (Å²) in [4.78, 5) is 15.2. The Labute approximate surface area is 256 Å². The predicted molar refractivity (Wildman–Crippen MR) is 177 cm³/mol. The molecule has 1 aliphatic heterocycles. The van der Waals surface area contributed by atoms with Gasteiger partial charge in [-0.15, -0.1) is 0 Å². The number of nitrogens with one attached hydrogen (secondary N) is 1. The molecule has 2 aliphatic rings. The maximum atomic E-state index is 13.2. The zero-order chi connectivity index (χ0) is 30.8. The van der Waals surface area contributed by atoms with E-state index in [0.29, 0.717) is 31.9 Å². The van der Waals surface area contributed by atoms with Crippen molar-refractivity contribution < 1.29 is 18.7 Å². The molecule has 0 unspecified atom stereocenters. The second kappa shape index (κ2) is 15.7. The number of ether oxygens (including phenoxy) is 2. The van der Waals surface area contributed by atoms with Crippen molar-refractivity contribution in [3.05, 3.63) is 71.1 Å². The summed E-state index contributed by atoms with van der Waals surface area (Å²) in [6.45, 7) is 7.10. The summed E-state index contributed by atoms with van der Waals surface area (Å²) in [6, 6.07) is 18.5. The molecule has 7 nitrogen and oxygen atoms in total. The highest BCUT2D eigenvalue weighted by atomic mass is 16.5. The Balaban J connectivity index is 1.49. The quantitative estimate of drug-likeness (QED) is 0.1000. The minimum absolute atomic E-state index is 0.118. The summed E-state index contributed by atoms with van der Waals surface area (Å²) < 4.78 is 19.9. The van der Waals surface area contributed by atoms with Crippen LogP contribution >= 0.6 is 0 Å². The molecule has 1 heterocycles. The summed E-state index contributed by atoms with van der Waals surface area (Å²) in [5.74, 6) is 0.684. The van der Waals surface area contributed by atoms with E-state index in [1.165, 1.54) is 25.7 Å². The standard InChI is InChI=1S/C36H47N3O4/c1-7-8-9-10-11-19-41-21-22-42-20-18-37-36(40)27-13-12-26(2)32(23-27)35-30-16-14-28(38(3)4)24-33(30)43-34-25-29(39(5)6)15-17-31(34)35/h12-17,23-25H,7-11,18-22H2,1-6H3/p+1. The number of nitrogens with zero attached hydrogens (tertiary/aromatic N) is 2. The number of unbranched alkanes of at least 4 members (excludes halogenated alkanes) is 4. The number of hydrogen-bond donors (Lipinski definition) is 1. The minimum atomic E-state index is -0.118. The van der Waals surface area contributed by atoms with E-state index in [-0.39, 0.29) is 5.91 Å². The summed E-state index contributed by atoms with van der Waals surface area (Å²) in [5.41, 5.74) is 6.65. The maximum Gasteiger partial charge on any atom is 0.251 e. The normalized spacial score (nSPS) is 11.3. The van der Waals surface area contributed by atoms with Gasteiger partial charge in [-0.1, -0.05) is 38.7 Å². The largest absolute Gasteiger partial charge is 0.456 e. The first kappa shape index (κ1) is 32.2. The Hall–Kier alpha value is -3.68. The second-order valence-electron chi connectivity index (χ2n) is 11.6. The Morgan fingerprint density at radius 2 is 1.63 bits per heavy atom. The molecule has 0 spiro atoms. The molecule has 7 heteroatoms. The Morgan fingerprint density at radius 3 is 2.37 bits per heavy atom. The fourth-order valence-corrected chi connectivity index (χ4v) is 5.22. The smallest absolute Gasteiger partial charge is 0.251 e. The number of rotatable bonds is 15. The van der Waals surface area contributed by atoms with Crippen molar-refractivity contribution in [3.63, 3.8) is 0 Å². The number of carbonyl (C=O) groups excluding carboxylic acids is 1. The first-order valence-corrected chi connectivity index (χ1v) is 15.5. The van der Waals surface area contributed by atoms with Gasteiger partial charge in [0.2, 0.25) is 5.36 Å². The van der Waals surface area contributed by atoms with Gasteiger partial charge in [0.15, 0.2) is 0 Å². The highest BCUT2D eigenvalue weighted by molar-refractivity contribution is 6.05. The molecule has 1 N–H and O–H groups in total. The molecule has 0 aromatic heterocycles. The van der Waals surface area contributed by atoms with Gasteiger partial charge in [0.05, 0.1) is 25.9 Å². The first-order chi connectivity index (χ1) is 20.8. The number of hydrogen-bond acceptors (Lipinski definition) is 5. The lowest BCUT2D eigenvalue weighted by Gasteiger charge is -2.19. The summed E-state index contributed by atoms with van der Waals surface area (Å²) >= 11 is 0. The van der Waals surface area contributed by atoms with Gasteiger partial charge in [-0.2, -0.15) is 0 Å². The van der Waals surface area contributed by atoms with Crippen LogP contribution in [0.25, 0.3) is 33.4 Å². The van der Waals surface area contributed by atoms with Crippen molar-refractivity contribution in [2.45, 2.75) is 46.0 Å². The fraction of sp³-hybridized carbons (Fsp3) is 0.444. The van der Waals surface area contributed by atoms with Crippen molar-refractivity contribution in [3.8, 4) is 22.5 Å². The van der Waals surface area contributed by atoms with Gasteiger partial charge >= 0.3 is 0 Å². The van der Waals surface area contributed by atoms with Crippen LogP contribution in [0.15, 0.2) is 59.0 Å². The third-order valence-corrected chi connectivity index (χ3v) is 7.79. The van der Waals surface area contributed by atoms with E-state index in [9.17, 15) is 4.79 Å². The van der Waals surface area contributed by atoms with Crippen molar-refractivity contribution in [1.29, 1.82) is 0 Å². The van der Waals surface area contributed by atoms with Crippen LogP contribution in [-0.2, 0) is 9.47 Å². The predicted octanol–water partition coefficient (Wildman–Crippen LogP) is 6.34. The highest BCUT2D eigenvalue weighted by Gasteiger charge is 2.21. The van der Waals surface area contributed by atoms with E-state index < -0.39 is 0 Å². The van der Waals surface area contributed by atoms with E-state index in [0.717, 1.165) is 63.1 Å². The topological polar surface area (TPSA) is 67.0 Å². The average molecular weight is 587 g/mol. The van der Waals surface area contributed by atoms with E-state index in [1.54, 1.807) is 0 Å². The van der Waals surface area contributed by atoms with Gasteiger partial charge in [-0.05, 0) is 54.8 Å².